The molecule has 2 heteroatoms. The maximum atomic E-state index is 5.73. The zero-order valence-corrected chi connectivity index (χ0v) is 12.2. The van der Waals surface area contributed by atoms with E-state index in [4.69, 9.17) is 4.84 Å². The molecule has 0 fully saturated rings. The summed E-state index contributed by atoms with van der Waals surface area (Å²) in [5.41, 5.74) is 4.38. The van der Waals surface area contributed by atoms with Crippen LogP contribution in [0.5, 0.6) is 0 Å². The van der Waals surface area contributed by atoms with Gasteiger partial charge in [-0.1, -0.05) is 56.5 Å². The third-order valence-electron chi connectivity index (χ3n) is 2.81. The molecule has 0 spiro atoms. The second kappa shape index (κ2) is 7.55. The van der Waals surface area contributed by atoms with Crippen molar-refractivity contribution in [3.8, 4) is 0 Å². The van der Waals surface area contributed by atoms with Crippen molar-refractivity contribution in [1.29, 1.82) is 0 Å². The lowest BCUT2D eigenvalue weighted by Crippen LogP contribution is -2.32. The van der Waals surface area contributed by atoms with Gasteiger partial charge in [0.2, 0.25) is 0 Å². The van der Waals surface area contributed by atoms with Gasteiger partial charge in [0.1, 0.15) is 0 Å². The Balaban J connectivity index is 2.58. The Bertz CT molecular complexity index is 316. The molecule has 0 saturated heterocycles. The van der Waals surface area contributed by atoms with Crippen molar-refractivity contribution in [2.45, 2.75) is 65.0 Å². The highest BCUT2D eigenvalue weighted by Gasteiger charge is 2.16. The molecule has 2 nitrogen and oxygen atoms in total. The van der Waals surface area contributed by atoms with Crippen molar-refractivity contribution in [3.63, 3.8) is 0 Å². The number of rotatable bonds is 7. The Morgan fingerprint density at radius 2 is 1.78 bits per heavy atom. The van der Waals surface area contributed by atoms with Crippen LogP contribution in [0.25, 0.3) is 0 Å². The van der Waals surface area contributed by atoms with Crippen molar-refractivity contribution < 1.29 is 4.84 Å². The summed E-state index contributed by atoms with van der Waals surface area (Å²) in [6.45, 7) is 8.42. The smallest absolute Gasteiger partial charge is 0.0813 e. The number of hydroxylamine groups is 1. The molecule has 0 aliphatic carbocycles. The molecule has 1 rings (SSSR count). The summed E-state index contributed by atoms with van der Waals surface area (Å²) < 4.78 is 0. The fraction of sp³-hybridized carbons (Fsp3) is 0.625. The van der Waals surface area contributed by atoms with Crippen molar-refractivity contribution in [2.75, 3.05) is 0 Å². The predicted molar refractivity (Wildman–Crippen MR) is 77.3 cm³/mol. The first-order chi connectivity index (χ1) is 8.53. The van der Waals surface area contributed by atoms with Gasteiger partial charge in [0.25, 0.3) is 0 Å². The van der Waals surface area contributed by atoms with E-state index in [0.717, 1.165) is 6.42 Å². The minimum Gasteiger partial charge on any atom is -0.296 e. The summed E-state index contributed by atoms with van der Waals surface area (Å²) in [6.07, 6.45) is 4.88. The highest BCUT2D eigenvalue weighted by atomic mass is 16.7. The number of hydrogen-bond donors (Lipinski definition) is 1. The molecule has 0 saturated carbocycles. The van der Waals surface area contributed by atoms with Crippen molar-refractivity contribution in [1.82, 2.24) is 5.48 Å². The van der Waals surface area contributed by atoms with Crippen LogP contribution in [0, 0.1) is 0 Å². The first-order valence-corrected chi connectivity index (χ1v) is 7.01. The molecule has 18 heavy (non-hydrogen) atoms. The molecule has 0 aliphatic heterocycles. The van der Waals surface area contributed by atoms with Crippen LogP contribution in [0.2, 0.25) is 0 Å². The fourth-order valence-corrected chi connectivity index (χ4v) is 1.83. The lowest BCUT2D eigenvalue weighted by Gasteiger charge is -2.25. The summed E-state index contributed by atoms with van der Waals surface area (Å²) >= 11 is 0. The van der Waals surface area contributed by atoms with Crippen LogP contribution in [0.3, 0.4) is 0 Å². The lowest BCUT2D eigenvalue weighted by atomic mass is 10.0. The average molecular weight is 249 g/mol. The molecule has 0 amide bonds. The average Bonchev–Trinajstić information content (AvgIpc) is 2.33. The Morgan fingerprint density at radius 3 is 2.33 bits per heavy atom. The van der Waals surface area contributed by atoms with Crippen LogP contribution >= 0.6 is 0 Å². The Labute approximate surface area is 112 Å². The predicted octanol–water partition coefficient (Wildman–Crippen LogP) is 4.63. The van der Waals surface area contributed by atoms with E-state index in [9.17, 15) is 0 Å². The van der Waals surface area contributed by atoms with Crippen LogP contribution in [0.4, 0.5) is 0 Å². The van der Waals surface area contributed by atoms with Crippen LogP contribution in [-0.2, 0) is 4.84 Å². The maximum absolute atomic E-state index is 5.73. The van der Waals surface area contributed by atoms with Gasteiger partial charge in [0.05, 0.1) is 11.6 Å². The fourth-order valence-electron chi connectivity index (χ4n) is 1.83. The topological polar surface area (TPSA) is 21.3 Å². The Hall–Kier alpha value is -0.860. The van der Waals surface area contributed by atoms with Crippen molar-refractivity contribution in [3.05, 3.63) is 35.9 Å². The summed E-state index contributed by atoms with van der Waals surface area (Å²) in [6, 6.07) is 10.8. The van der Waals surface area contributed by atoms with Crippen molar-refractivity contribution in [2.24, 2.45) is 0 Å². The summed E-state index contributed by atoms with van der Waals surface area (Å²) in [4.78, 5) is 5.73. The maximum Gasteiger partial charge on any atom is 0.0813 e. The summed E-state index contributed by atoms with van der Waals surface area (Å²) in [5.74, 6) is 0. The van der Waals surface area contributed by atoms with Gasteiger partial charge in [-0.2, -0.15) is 5.48 Å². The molecule has 0 aromatic heterocycles. The quantitative estimate of drug-likeness (QED) is 0.562. The van der Waals surface area contributed by atoms with E-state index in [2.05, 4.69) is 63.5 Å². The van der Waals surface area contributed by atoms with Gasteiger partial charge in [-0.15, -0.1) is 0 Å². The van der Waals surface area contributed by atoms with Gasteiger partial charge < -0.3 is 0 Å². The van der Waals surface area contributed by atoms with E-state index in [1.54, 1.807) is 0 Å². The first kappa shape index (κ1) is 15.2. The number of hydrogen-bond acceptors (Lipinski definition) is 2. The number of unbranched alkanes of at least 4 members (excludes halogenated alkanes) is 2. The van der Waals surface area contributed by atoms with Crippen LogP contribution in [-0.4, -0.2) is 5.60 Å². The SMILES string of the molecule is CCCCCC(NOC(C)(C)C)c1ccccc1. The molecule has 1 aromatic rings. The third kappa shape index (κ3) is 6.18. The molecular formula is C16H27NO. The zero-order valence-electron chi connectivity index (χ0n) is 12.2. The molecule has 102 valence electrons. The second-order valence-corrected chi connectivity index (χ2v) is 5.79. The minimum atomic E-state index is -0.155. The van der Waals surface area contributed by atoms with Crippen molar-refractivity contribution >= 4 is 0 Å². The van der Waals surface area contributed by atoms with E-state index in [-0.39, 0.29) is 11.6 Å². The van der Waals surface area contributed by atoms with E-state index in [1.165, 1.54) is 24.8 Å². The second-order valence-electron chi connectivity index (χ2n) is 5.79. The highest BCUT2D eigenvalue weighted by molar-refractivity contribution is 5.18. The van der Waals surface area contributed by atoms with Gasteiger partial charge in [0, 0.05) is 0 Å². The standard InChI is InChI=1S/C16H27NO/c1-5-6-8-13-15(17-18-16(2,3)4)14-11-9-7-10-12-14/h7,9-12,15,17H,5-6,8,13H2,1-4H3. The monoisotopic (exact) mass is 249 g/mol. The summed E-state index contributed by atoms with van der Waals surface area (Å²) in [5, 5.41) is 0. The normalized spacial score (nSPS) is 13.6. The first-order valence-electron chi connectivity index (χ1n) is 7.01. The third-order valence-corrected chi connectivity index (χ3v) is 2.81. The van der Waals surface area contributed by atoms with Crippen LogP contribution in [0.1, 0.15) is 65.0 Å². The molecule has 0 bridgehead atoms. The van der Waals surface area contributed by atoms with Gasteiger partial charge in [-0.05, 0) is 32.8 Å². The highest BCUT2D eigenvalue weighted by Crippen LogP contribution is 2.21. The van der Waals surface area contributed by atoms with E-state index in [0.29, 0.717) is 0 Å². The molecule has 1 unspecified atom stereocenters. The van der Waals surface area contributed by atoms with Gasteiger partial charge >= 0.3 is 0 Å². The largest absolute Gasteiger partial charge is 0.296 e. The van der Waals surface area contributed by atoms with Gasteiger partial charge in [0.15, 0.2) is 0 Å². The lowest BCUT2D eigenvalue weighted by molar-refractivity contribution is -0.0904. The number of nitrogens with one attached hydrogen (secondary N) is 1. The summed E-state index contributed by atoms with van der Waals surface area (Å²) in [7, 11) is 0. The Kier molecular flexibility index (Phi) is 6.37. The Morgan fingerprint density at radius 1 is 1.11 bits per heavy atom. The van der Waals surface area contributed by atoms with Crippen LogP contribution in [0.15, 0.2) is 30.3 Å². The zero-order chi connectivity index (χ0) is 13.4. The minimum absolute atomic E-state index is 0.155. The van der Waals surface area contributed by atoms with Gasteiger partial charge in [-0.25, -0.2) is 0 Å². The molecular weight excluding hydrogens is 222 g/mol. The molecule has 1 N–H and O–H groups in total. The number of benzene rings is 1. The van der Waals surface area contributed by atoms with Gasteiger partial charge in [-0.3, -0.25) is 4.84 Å². The van der Waals surface area contributed by atoms with Crippen LogP contribution < -0.4 is 5.48 Å². The van der Waals surface area contributed by atoms with E-state index in [1.807, 2.05) is 0 Å². The van der Waals surface area contributed by atoms with E-state index >= 15 is 0 Å². The molecule has 0 aliphatic rings. The molecule has 1 aromatic carbocycles. The molecule has 0 radical (unpaired) electrons. The van der Waals surface area contributed by atoms with E-state index < -0.39 is 0 Å². The molecule has 1 atom stereocenters. The molecule has 0 heterocycles.